The van der Waals surface area contributed by atoms with Crippen molar-refractivity contribution in [3.05, 3.63) is 20.8 Å². The summed E-state index contributed by atoms with van der Waals surface area (Å²) in [7, 11) is 1.72. The molecule has 1 amide bonds. The Morgan fingerprint density at radius 3 is 2.94 bits per heavy atom. The number of carbonyl (C=O) groups is 1. The van der Waals surface area contributed by atoms with E-state index >= 15 is 0 Å². The van der Waals surface area contributed by atoms with E-state index in [0.29, 0.717) is 5.41 Å². The number of methoxy groups -OCH3 is 1. The molecule has 1 aliphatic rings. The number of ether oxygens (including phenoxy) is 1. The Bertz CT molecular complexity index is 401. The number of thiophene rings is 1. The van der Waals surface area contributed by atoms with Crippen LogP contribution in [0.2, 0.25) is 0 Å². The van der Waals surface area contributed by atoms with Gasteiger partial charge >= 0.3 is 0 Å². The van der Waals surface area contributed by atoms with E-state index in [1.54, 1.807) is 7.11 Å². The molecule has 0 radical (unpaired) electrons. The van der Waals surface area contributed by atoms with Crippen LogP contribution in [0.4, 0.5) is 0 Å². The molecule has 0 saturated heterocycles. The van der Waals surface area contributed by atoms with Crippen LogP contribution in [0.1, 0.15) is 28.9 Å². The Balaban J connectivity index is 1.83. The van der Waals surface area contributed by atoms with Crippen molar-refractivity contribution >= 4 is 33.2 Å². The molecular weight excluding hydrogens is 302 g/mol. The van der Waals surface area contributed by atoms with Crippen LogP contribution in [0.3, 0.4) is 0 Å². The maximum Gasteiger partial charge on any atom is 0.262 e. The first kappa shape index (κ1) is 13.1. The zero-order chi connectivity index (χ0) is 12.3. The fraction of sp³-hybridized carbons (Fsp3) is 0.583. The van der Waals surface area contributed by atoms with E-state index in [-0.39, 0.29) is 5.91 Å². The molecule has 1 aliphatic carbocycles. The van der Waals surface area contributed by atoms with Crippen molar-refractivity contribution in [2.24, 2.45) is 5.41 Å². The topological polar surface area (TPSA) is 38.3 Å². The molecule has 17 heavy (non-hydrogen) atoms. The third-order valence-electron chi connectivity index (χ3n) is 3.24. The molecule has 1 aromatic rings. The number of hydrogen-bond donors (Lipinski definition) is 1. The molecule has 0 aromatic carbocycles. The standard InChI is InChI=1S/C12H16BrNO2S/c1-16-6-5-12(3-4-12)8-14-11(15)10-9(13)2-7-17-10/h2,7H,3-6,8H2,1H3,(H,14,15). The van der Waals surface area contributed by atoms with Gasteiger partial charge < -0.3 is 10.1 Å². The van der Waals surface area contributed by atoms with Gasteiger partial charge in [0, 0.05) is 24.7 Å². The Morgan fingerprint density at radius 2 is 2.41 bits per heavy atom. The van der Waals surface area contributed by atoms with Gasteiger partial charge in [0.1, 0.15) is 4.88 Å². The number of rotatable bonds is 6. The number of nitrogens with one attached hydrogen (secondary N) is 1. The van der Waals surface area contributed by atoms with Gasteiger partial charge in [-0.05, 0) is 52.1 Å². The summed E-state index contributed by atoms with van der Waals surface area (Å²) in [5.41, 5.74) is 0.301. The summed E-state index contributed by atoms with van der Waals surface area (Å²) in [6, 6.07) is 1.90. The Labute approximate surface area is 114 Å². The first-order valence-corrected chi connectivity index (χ1v) is 7.34. The highest BCUT2D eigenvalue weighted by Gasteiger charge is 2.42. The lowest BCUT2D eigenvalue weighted by Crippen LogP contribution is -2.30. The van der Waals surface area contributed by atoms with E-state index in [1.165, 1.54) is 24.2 Å². The van der Waals surface area contributed by atoms with Crippen LogP contribution in [0.5, 0.6) is 0 Å². The van der Waals surface area contributed by atoms with Gasteiger partial charge in [0.25, 0.3) is 5.91 Å². The van der Waals surface area contributed by atoms with Gasteiger partial charge in [0.05, 0.1) is 0 Å². The maximum absolute atomic E-state index is 11.9. The highest BCUT2D eigenvalue weighted by atomic mass is 79.9. The maximum atomic E-state index is 11.9. The van der Waals surface area contributed by atoms with Crippen molar-refractivity contribution in [3.8, 4) is 0 Å². The van der Waals surface area contributed by atoms with Crippen LogP contribution >= 0.6 is 27.3 Å². The summed E-state index contributed by atoms with van der Waals surface area (Å²) in [5, 5.41) is 4.94. The summed E-state index contributed by atoms with van der Waals surface area (Å²) in [5.74, 6) is 0.0237. The van der Waals surface area contributed by atoms with E-state index in [0.717, 1.165) is 28.9 Å². The molecule has 1 fully saturated rings. The van der Waals surface area contributed by atoms with Crippen molar-refractivity contribution in [2.45, 2.75) is 19.3 Å². The minimum atomic E-state index is 0.0237. The molecule has 5 heteroatoms. The molecule has 1 aromatic heterocycles. The number of halogens is 1. The largest absolute Gasteiger partial charge is 0.385 e. The number of carbonyl (C=O) groups excluding carboxylic acids is 1. The van der Waals surface area contributed by atoms with Gasteiger partial charge in [0.15, 0.2) is 0 Å². The second-order valence-electron chi connectivity index (χ2n) is 4.52. The third kappa shape index (κ3) is 3.30. The van der Waals surface area contributed by atoms with Crippen LogP contribution in [0, 0.1) is 5.41 Å². The highest BCUT2D eigenvalue weighted by molar-refractivity contribution is 9.10. The van der Waals surface area contributed by atoms with Crippen molar-refractivity contribution in [1.29, 1.82) is 0 Å². The van der Waals surface area contributed by atoms with E-state index in [4.69, 9.17) is 4.74 Å². The van der Waals surface area contributed by atoms with E-state index < -0.39 is 0 Å². The minimum absolute atomic E-state index is 0.0237. The van der Waals surface area contributed by atoms with Crippen LogP contribution in [-0.2, 0) is 4.74 Å². The minimum Gasteiger partial charge on any atom is -0.385 e. The summed E-state index contributed by atoms with van der Waals surface area (Å²) >= 11 is 4.84. The Morgan fingerprint density at radius 1 is 1.65 bits per heavy atom. The Kier molecular flexibility index (Phi) is 4.22. The zero-order valence-electron chi connectivity index (χ0n) is 9.79. The Hall–Kier alpha value is -0.390. The SMILES string of the molecule is COCCC1(CNC(=O)c2sccc2Br)CC1. The molecule has 0 aliphatic heterocycles. The lowest BCUT2D eigenvalue weighted by atomic mass is 10.0. The second kappa shape index (κ2) is 5.50. The zero-order valence-corrected chi connectivity index (χ0v) is 12.2. The molecule has 0 bridgehead atoms. The average Bonchev–Trinajstić information content (AvgIpc) is 2.98. The summed E-state index contributed by atoms with van der Waals surface area (Å²) in [6.07, 6.45) is 3.43. The molecule has 0 unspecified atom stereocenters. The normalized spacial score (nSPS) is 16.8. The smallest absolute Gasteiger partial charge is 0.262 e. The van der Waals surface area contributed by atoms with Gasteiger partial charge in [-0.3, -0.25) is 4.79 Å². The van der Waals surface area contributed by atoms with Crippen molar-refractivity contribution in [3.63, 3.8) is 0 Å². The van der Waals surface area contributed by atoms with E-state index in [2.05, 4.69) is 21.2 Å². The molecule has 1 heterocycles. The van der Waals surface area contributed by atoms with E-state index in [1.807, 2.05) is 11.4 Å². The summed E-state index contributed by atoms with van der Waals surface area (Å²) in [6.45, 7) is 1.54. The lowest BCUT2D eigenvalue weighted by Gasteiger charge is -2.15. The summed E-state index contributed by atoms with van der Waals surface area (Å²) < 4.78 is 5.97. The molecule has 0 spiro atoms. The van der Waals surface area contributed by atoms with Crippen LogP contribution in [0.25, 0.3) is 0 Å². The average molecular weight is 318 g/mol. The van der Waals surface area contributed by atoms with Gasteiger partial charge in [-0.15, -0.1) is 11.3 Å². The molecule has 1 saturated carbocycles. The first-order chi connectivity index (χ1) is 8.17. The molecular formula is C12H16BrNO2S. The number of hydrogen-bond acceptors (Lipinski definition) is 3. The second-order valence-corrected chi connectivity index (χ2v) is 6.29. The van der Waals surface area contributed by atoms with Crippen LogP contribution in [0.15, 0.2) is 15.9 Å². The van der Waals surface area contributed by atoms with Crippen molar-refractivity contribution < 1.29 is 9.53 Å². The monoisotopic (exact) mass is 317 g/mol. The van der Waals surface area contributed by atoms with Gasteiger partial charge in [-0.25, -0.2) is 0 Å². The highest BCUT2D eigenvalue weighted by Crippen LogP contribution is 2.48. The lowest BCUT2D eigenvalue weighted by molar-refractivity contribution is 0.0941. The molecule has 1 N–H and O–H groups in total. The molecule has 94 valence electrons. The van der Waals surface area contributed by atoms with E-state index in [9.17, 15) is 4.79 Å². The van der Waals surface area contributed by atoms with Gasteiger partial charge in [-0.1, -0.05) is 0 Å². The number of amides is 1. The fourth-order valence-corrected chi connectivity index (χ4v) is 3.28. The van der Waals surface area contributed by atoms with Crippen LogP contribution < -0.4 is 5.32 Å². The van der Waals surface area contributed by atoms with Gasteiger partial charge in [-0.2, -0.15) is 0 Å². The molecule has 2 rings (SSSR count). The predicted octanol–water partition coefficient (Wildman–Crippen LogP) is 3.06. The first-order valence-electron chi connectivity index (χ1n) is 5.67. The van der Waals surface area contributed by atoms with Crippen LogP contribution in [-0.4, -0.2) is 26.2 Å². The fourth-order valence-electron chi connectivity index (χ4n) is 1.81. The third-order valence-corrected chi connectivity index (χ3v) is 5.08. The predicted molar refractivity (Wildman–Crippen MR) is 72.5 cm³/mol. The summed E-state index contributed by atoms with van der Waals surface area (Å²) in [4.78, 5) is 12.7. The quantitative estimate of drug-likeness (QED) is 0.875. The molecule has 0 atom stereocenters. The van der Waals surface area contributed by atoms with Crippen molar-refractivity contribution in [1.82, 2.24) is 5.32 Å². The van der Waals surface area contributed by atoms with Crippen molar-refractivity contribution in [2.75, 3.05) is 20.3 Å². The van der Waals surface area contributed by atoms with Gasteiger partial charge in [0.2, 0.25) is 0 Å². The molecule has 3 nitrogen and oxygen atoms in total.